The lowest BCUT2D eigenvalue weighted by Crippen LogP contribution is -2.03. The second-order valence-corrected chi connectivity index (χ2v) is 3.04. The molecule has 0 aliphatic carbocycles. The van der Waals surface area contributed by atoms with Crippen LogP contribution in [0.3, 0.4) is 0 Å². The van der Waals surface area contributed by atoms with Crippen molar-refractivity contribution in [3.63, 3.8) is 0 Å². The fourth-order valence-electron chi connectivity index (χ4n) is 1.06. The second kappa shape index (κ2) is 3.67. The third kappa shape index (κ3) is 2.46. The molecule has 2 nitrogen and oxygen atoms in total. The van der Waals surface area contributed by atoms with E-state index in [9.17, 15) is 0 Å². The van der Waals surface area contributed by atoms with Gasteiger partial charge in [-0.15, -0.1) is 0 Å². The van der Waals surface area contributed by atoms with E-state index in [0.29, 0.717) is 0 Å². The standard InChI is InChI=1S/C9H15NO/c1-7(8(2)11)6-9-4-3-5-10-9/h6,8,11H,3-5H2,1-2H3/b7-6+. The summed E-state index contributed by atoms with van der Waals surface area (Å²) in [5.41, 5.74) is 2.15. The summed E-state index contributed by atoms with van der Waals surface area (Å²) < 4.78 is 0. The van der Waals surface area contributed by atoms with Gasteiger partial charge < -0.3 is 5.11 Å². The summed E-state index contributed by atoms with van der Waals surface area (Å²) in [6, 6.07) is 0. The molecule has 1 aliphatic rings. The molecule has 1 N–H and O–H groups in total. The van der Waals surface area contributed by atoms with Crippen molar-refractivity contribution < 1.29 is 5.11 Å². The van der Waals surface area contributed by atoms with Crippen molar-refractivity contribution >= 4 is 5.71 Å². The maximum atomic E-state index is 9.16. The number of hydrogen-bond acceptors (Lipinski definition) is 2. The Labute approximate surface area is 67.7 Å². The van der Waals surface area contributed by atoms with Gasteiger partial charge >= 0.3 is 0 Å². The van der Waals surface area contributed by atoms with E-state index < -0.39 is 0 Å². The quantitative estimate of drug-likeness (QED) is 0.641. The van der Waals surface area contributed by atoms with Crippen LogP contribution in [-0.2, 0) is 0 Å². The molecular formula is C9H15NO. The highest BCUT2D eigenvalue weighted by Gasteiger charge is 2.05. The van der Waals surface area contributed by atoms with Gasteiger partial charge in [0, 0.05) is 12.3 Å². The maximum Gasteiger partial charge on any atom is 0.0722 e. The predicted octanol–water partition coefficient (Wildman–Crippen LogP) is 1.55. The first kappa shape index (κ1) is 8.47. The molecule has 0 spiro atoms. The topological polar surface area (TPSA) is 32.6 Å². The van der Waals surface area contributed by atoms with Crippen LogP contribution in [0.4, 0.5) is 0 Å². The number of aliphatic hydroxyl groups is 1. The van der Waals surface area contributed by atoms with Crippen molar-refractivity contribution in [2.45, 2.75) is 32.8 Å². The Morgan fingerprint density at radius 1 is 1.73 bits per heavy atom. The lowest BCUT2D eigenvalue weighted by Gasteiger charge is -2.02. The molecule has 1 unspecified atom stereocenters. The van der Waals surface area contributed by atoms with Crippen LogP contribution in [0, 0.1) is 0 Å². The van der Waals surface area contributed by atoms with Gasteiger partial charge in [0.15, 0.2) is 0 Å². The van der Waals surface area contributed by atoms with Crippen LogP contribution in [0.25, 0.3) is 0 Å². The van der Waals surface area contributed by atoms with Crippen LogP contribution < -0.4 is 0 Å². The van der Waals surface area contributed by atoms with E-state index in [2.05, 4.69) is 4.99 Å². The summed E-state index contributed by atoms with van der Waals surface area (Å²) >= 11 is 0. The Balaban J connectivity index is 2.56. The summed E-state index contributed by atoms with van der Waals surface area (Å²) in [5, 5.41) is 9.16. The van der Waals surface area contributed by atoms with Crippen molar-refractivity contribution in [2.75, 3.05) is 6.54 Å². The van der Waals surface area contributed by atoms with Gasteiger partial charge in [-0.2, -0.15) is 0 Å². The summed E-state index contributed by atoms with van der Waals surface area (Å²) in [7, 11) is 0. The Bertz CT molecular complexity index is 192. The molecular weight excluding hydrogens is 138 g/mol. The SMILES string of the molecule is C/C(=C\C1=NCCC1)C(C)O. The van der Waals surface area contributed by atoms with E-state index in [0.717, 1.165) is 24.3 Å². The van der Waals surface area contributed by atoms with Crippen molar-refractivity contribution in [3.8, 4) is 0 Å². The molecule has 1 heterocycles. The van der Waals surface area contributed by atoms with Gasteiger partial charge in [-0.25, -0.2) is 0 Å². The van der Waals surface area contributed by atoms with Crippen molar-refractivity contribution in [3.05, 3.63) is 11.6 Å². The van der Waals surface area contributed by atoms with E-state index in [1.807, 2.05) is 13.0 Å². The molecule has 0 aromatic carbocycles. The molecule has 1 aliphatic heterocycles. The Morgan fingerprint density at radius 2 is 2.45 bits per heavy atom. The van der Waals surface area contributed by atoms with Gasteiger partial charge in [0.1, 0.15) is 0 Å². The number of rotatable bonds is 2. The first-order chi connectivity index (χ1) is 5.20. The molecule has 11 heavy (non-hydrogen) atoms. The smallest absolute Gasteiger partial charge is 0.0722 e. The summed E-state index contributed by atoms with van der Waals surface area (Å²) in [4.78, 5) is 4.29. The number of aliphatic hydroxyl groups excluding tert-OH is 1. The lowest BCUT2D eigenvalue weighted by molar-refractivity contribution is 0.231. The van der Waals surface area contributed by atoms with Gasteiger partial charge in [0.2, 0.25) is 0 Å². The van der Waals surface area contributed by atoms with Crippen LogP contribution in [0.2, 0.25) is 0 Å². The van der Waals surface area contributed by atoms with E-state index in [1.165, 1.54) is 6.42 Å². The molecule has 0 fully saturated rings. The van der Waals surface area contributed by atoms with Crippen LogP contribution in [-0.4, -0.2) is 23.5 Å². The van der Waals surface area contributed by atoms with E-state index in [-0.39, 0.29) is 6.10 Å². The predicted molar refractivity (Wildman–Crippen MR) is 47.0 cm³/mol. The number of aliphatic imine (C=N–C) groups is 1. The molecule has 0 aromatic rings. The zero-order chi connectivity index (χ0) is 8.27. The van der Waals surface area contributed by atoms with E-state index >= 15 is 0 Å². The average molecular weight is 153 g/mol. The molecule has 0 saturated carbocycles. The molecule has 0 radical (unpaired) electrons. The van der Waals surface area contributed by atoms with Gasteiger partial charge in [-0.05, 0) is 38.3 Å². The molecule has 0 aromatic heterocycles. The lowest BCUT2D eigenvalue weighted by atomic mass is 10.1. The van der Waals surface area contributed by atoms with Crippen LogP contribution in [0.15, 0.2) is 16.6 Å². The van der Waals surface area contributed by atoms with Gasteiger partial charge in [0.25, 0.3) is 0 Å². The van der Waals surface area contributed by atoms with Crippen molar-refractivity contribution in [2.24, 2.45) is 4.99 Å². The maximum absolute atomic E-state index is 9.16. The molecule has 1 rings (SSSR count). The fourth-order valence-corrected chi connectivity index (χ4v) is 1.06. The minimum atomic E-state index is -0.335. The summed E-state index contributed by atoms with van der Waals surface area (Å²) in [5.74, 6) is 0. The Kier molecular flexibility index (Phi) is 2.83. The zero-order valence-electron chi connectivity index (χ0n) is 7.17. The minimum Gasteiger partial charge on any atom is -0.389 e. The molecule has 1 atom stereocenters. The van der Waals surface area contributed by atoms with Gasteiger partial charge in [0.05, 0.1) is 6.10 Å². The normalized spacial score (nSPS) is 21.7. The van der Waals surface area contributed by atoms with Crippen LogP contribution >= 0.6 is 0 Å². The van der Waals surface area contributed by atoms with E-state index in [1.54, 1.807) is 6.92 Å². The highest BCUT2D eigenvalue weighted by atomic mass is 16.3. The van der Waals surface area contributed by atoms with E-state index in [4.69, 9.17) is 5.11 Å². The molecule has 62 valence electrons. The largest absolute Gasteiger partial charge is 0.389 e. The molecule has 0 bridgehead atoms. The molecule has 0 amide bonds. The third-order valence-corrected chi connectivity index (χ3v) is 1.96. The zero-order valence-corrected chi connectivity index (χ0v) is 7.17. The summed E-state index contributed by atoms with van der Waals surface area (Å²) in [6.07, 6.45) is 3.90. The highest BCUT2D eigenvalue weighted by molar-refractivity contribution is 5.96. The molecule has 0 saturated heterocycles. The summed E-state index contributed by atoms with van der Waals surface area (Å²) in [6.45, 7) is 4.67. The number of allylic oxidation sites excluding steroid dienone is 1. The van der Waals surface area contributed by atoms with Crippen molar-refractivity contribution in [1.29, 1.82) is 0 Å². The first-order valence-electron chi connectivity index (χ1n) is 4.09. The highest BCUT2D eigenvalue weighted by Crippen LogP contribution is 2.08. The average Bonchev–Trinajstić information content (AvgIpc) is 2.39. The Hall–Kier alpha value is -0.630. The number of hydrogen-bond donors (Lipinski definition) is 1. The van der Waals surface area contributed by atoms with Crippen LogP contribution in [0.5, 0.6) is 0 Å². The third-order valence-electron chi connectivity index (χ3n) is 1.96. The van der Waals surface area contributed by atoms with Gasteiger partial charge in [-0.1, -0.05) is 0 Å². The van der Waals surface area contributed by atoms with Crippen LogP contribution in [0.1, 0.15) is 26.7 Å². The minimum absolute atomic E-state index is 0.335. The van der Waals surface area contributed by atoms with Gasteiger partial charge in [-0.3, -0.25) is 4.99 Å². The fraction of sp³-hybridized carbons (Fsp3) is 0.667. The monoisotopic (exact) mass is 153 g/mol. The Morgan fingerprint density at radius 3 is 2.91 bits per heavy atom. The first-order valence-corrected chi connectivity index (χ1v) is 4.09. The second-order valence-electron chi connectivity index (χ2n) is 3.04. The van der Waals surface area contributed by atoms with Crippen molar-refractivity contribution in [1.82, 2.24) is 0 Å². The molecule has 2 heteroatoms. The number of nitrogens with zero attached hydrogens (tertiary/aromatic N) is 1.